The highest BCUT2D eigenvalue weighted by molar-refractivity contribution is 5.93. The molecule has 0 aliphatic rings. The van der Waals surface area contributed by atoms with E-state index < -0.39 is 5.97 Å². The average molecular weight is 328 g/mol. The Bertz CT molecular complexity index is 754. The molecular formula is C17H20N4O3. The lowest BCUT2D eigenvalue weighted by atomic mass is 10.1. The van der Waals surface area contributed by atoms with Gasteiger partial charge in [0, 0.05) is 29.2 Å². The molecule has 0 fully saturated rings. The van der Waals surface area contributed by atoms with Crippen LogP contribution in [-0.2, 0) is 9.59 Å². The summed E-state index contributed by atoms with van der Waals surface area (Å²) in [5.41, 5.74) is 4.06. The molecule has 0 spiro atoms. The Morgan fingerprint density at radius 2 is 1.71 bits per heavy atom. The second kappa shape index (κ2) is 7.54. The number of aryl methyl sites for hydroxylation is 3. The van der Waals surface area contributed by atoms with Gasteiger partial charge in [-0.25, -0.2) is 9.97 Å². The van der Waals surface area contributed by atoms with Gasteiger partial charge in [-0.2, -0.15) is 0 Å². The standard InChI is InChI=1S/C17H20N4O3/c1-10-4-5-13(20-15(22)6-7-16(23)24)9-14(10)21-17-18-11(2)8-12(3)19-17/h4-5,8-9H,6-7H2,1-3H3,(H,20,22)(H,23,24)(H,18,19,21). The van der Waals surface area contributed by atoms with Crippen molar-refractivity contribution >= 4 is 29.2 Å². The second-order valence-electron chi connectivity index (χ2n) is 5.57. The molecule has 1 aromatic heterocycles. The fraction of sp³-hybridized carbons (Fsp3) is 0.294. The predicted octanol–water partition coefficient (Wildman–Crippen LogP) is 2.95. The molecule has 3 N–H and O–H groups in total. The summed E-state index contributed by atoms with van der Waals surface area (Å²) in [6.45, 7) is 5.72. The number of hydrogen-bond donors (Lipinski definition) is 3. The third-order valence-electron chi connectivity index (χ3n) is 3.32. The average Bonchev–Trinajstić information content (AvgIpc) is 2.47. The number of carbonyl (C=O) groups is 2. The molecule has 2 aromatic rings. The van der Waals surface area contributed by atoms with Gasteiger partial charge in [-0.3, -0.25) is 9.59 Å². The van der Waals surface area contributed by atoms with Crippen LogP contribution < -0.4 is 10.6 Å². The largest absolute Gasteiger partial charge is 0.481 e. The summed E-state index contributed by atoms with van der Waals surface area (Å²) >= 11 is 0. The van der Waals surface area contributed by atoms with E-state index >= 15 is 0 Å². The Hall–Kier alpha value is -2.96. The van der Waals surface area contributed by atoms with Crippen molar-refractivity contribution < 1.29 is 14.7 Å². The molecule has 0 aliphatic heterocycles. The molecule has 0 saturated carbocycles. The third kappa shape index (κ3) is 5.05. The minimum absolute atomic E-state index is 0.0633. The molecule has 1 amide bonds. The van der Waals surface area contributed by atoms with Crippen molar-refractivity contribution in [3.05, 3.63) is 41.2 Å². The highest BCUT2D eigenvalue weighted by Gasteiger charge is 2.08. The summed E-state index contributed by atoms with van der Waals surface area (Å²) in [4.78, 5) is 30.9. The second-order valence-corrected chi connectivity index (χ2v) is 5.57. The Kier molecular flexibility index (Phi) is 5.47. The molecule has 2 rings (SSSR count). The summed E-state index contributed by atoms with van der Waals surface area (Å²) in [6.07, 6.45) is -0.259. The molecule has 1 aromatic carbocycles. The van der Waals surface area contributed by atoms with E-state index in [4.69, 9.17) is 5.11 Å². The molecule has 126 valence electrons. The summed E-state index contributed by atoms with van der Waals surface area (Å²) < 4.78 is 0. The first-order valence-corrected chi connectivity index (χ1v) is 7.55. The van der Waals surface area contributed by atoms with E-state index in [1.807, 2.05) is 32.9 Å². The molecule has 0 unspecified atom stereocenters. The van der Waals surface area contributed by atoms with E-state index in [9.17, 15) is 9.59 Å². The molecule has 0 saturated heterocycles. The van der Waals surface area contributed by atoms with Gasteiger partial charge in [0.2, 0.25) is 11.9 Å². The summed E-state index contributed by atoms with van der Waals surface area (Å²) in [6, 6.07) is 7.28. The maximum absolute atomic E-state index is 11.7. The van der Waals surface area contributed by atoms with Crippen LogP contribution in [0, 0.1) is 20.8 Å². The lowest BCUT2D eigenvalue weighted by Gasteiger charge is -2.12. The number of aliphatic carboxylic acids is 1. The minimum Gasteiger partial charge on any atom is -0.481 e. The maximum Gasteiger partial charge on any atom is 0.303 e. The van der Waals surface area contributed by atoms with Crippen molar-refractivity contribution in [1.82, 2.24) is 9.97 Å². The monoisotopic (exact) mass is 328 g/mol. The van der Waals surface area contributed by atoms with Gasteiger partial charge in [-0.15, -0.1) is 0 Å². The first-order valence-electron chi connectivity index (χ1n) is 7.55. The highest BCUT2D eigenvalue weighted by atomic mass is 16.4. The van der Waals surface area contributed by atoms with E-state index in [0.29, 0.717) is 11.6 Å². The smallest absolute Gasteiger partial charge is 0.303 e. The number of amides is 1. The van der Waals surface area contributed by atoms with Gasteiger partial charge in [0.05, 0.1) is 6.42 Å². The number of carbonyl (C=O) groups excluding carboxylic acids is 1. The van der Waals surface area contributed by atoms with Crippen molar-refractivity contribution in [2.24, 2.45) is 0 Å². The molecular weight excluding hydrogens is 308 g/mol. The molecule has 0 bridgehead atoms. The van der Waals surface area contributed by atoms with Crippen molar-refractivity contribution in [1.29, 1.82) is 0 Å². The number of nitrogens with one attached hydrogen (secondary N) is 2. The van der Waals surface area contributed by atoms with Crippen LogP contribution in [0.1, 0.15) is 29.8 Å². The van der Waals surface area contributed by atoms with E-state index in [2.05, 4.69) is 20.6 Å². The number of carboxylic acids is 1. The Morgan fingerprint density at radius 1 is 1.04 bits per heavy atom. The Balaban J connectivity index is 2.13. The zero-order chi connectivity index (χ0) is 17.7. The fourth-order valence-electron chi connectivity index (χ4n) is 2.18. The number of aromatic nitrogens is 2. The van der Waals surface area contributed by atoms with Crippen LogP contribution >= 0.6 is 0 Å². The summed E-state index contributed by atoms with van der Waals surface area (Å²) in [5.74, 6) is -0.844. The zero-order valence-corrected chi connectivity index (χ0v) is 13.9. The van der Waals surface area contributed by atoms with Gasteiger partial charge in [0.25, 0.3) is 0 Å². The van der Waals surface area contributed by atoms with Gasteiger partial charge in [0.15, 0.2) is 0 Å². The van der Waals surface area contributed by atoms with E-state index in [1.165, 1.54) is 0 Å². The number of rotatable bonds is 6. The highest BCUT2D eigenvalue weighted by Crippen LogP contribution is 2.23. The number of benzene rings is 1. The fourth-order valence-corrected chi connectivity index (χ4v) is 2.18. The Labute approximate surface area is 140 Å². The van der Waals surface area contributed by atoms with E-state index in [1.54, 1.807) is 12.1 Å². The summed E-state index contributed by atoms with van der Waals surface area (Å²) in [7, 11) is 0. The number of hydrogen-bond acceptors (Lipinski definition) is 5. The van der Waals surface area contributed by atoms with E-state index in [0.717, 1.165) is 22.6 Å². The third-order valence-corrected chi connectivity index (χ3v) is 3.32. The SMILES string of the molecule is Cc1cc(C)nc(Nc2cc(NC(=O)CCC(=O)O)ccc2C)n1. The molecule has 0 aliphatic carbocycles. The van der Waals surface area contributed by atoms with Crippen molar-refractivity contribution in [3.8, 4) is 0 Å². The molecule has 0 radical (unpaired) electrons. The van der Waals surface area contributed by atoms with Crippen LogP contribution in [0.2, 0.25) is 0 Å². The van der Waals surface area contributed by atoms with Crippen LogP contribution in [0.3, 0.4) is 0 Å². The molecule has 24 heavy (non-hydrogen) atoms. The Morgan fingerprint density at radius 3 is 2.33 bits per heavy atom. The minimum atomic E-state index is -0.997. The van der Waals surface area contributed by atoms with Gasteiger partial charge in [-0.05, 0) is 44.5 Å². The van der Waals surface area contributed by atoms with Crippen molar-refractivity contribution in [2.45, 2.75) is 33.6 Å². The summed E-state index contributed by atoms with van der Waals surface area (Å²) in [5, 5.41) is 14.5. The normalized spacial score (nSPS) is 10.3. The van der Waals surface area contributed by atoms with Crippen LogP contribution in [-0.4, -0.2) is 27.0 Å². The molecule has 1 heterocycles. The number of nitrogens with zero attached hydrogens (tertiary/aromatic N) is 2. The van der Waals surface area contributed by atoms with Crippen LogP contribution in [0.4, 0.5) is 17.3 Å². The van der Waals surface area contributed by atoms with Gasteiger partial charge >= 0.3 is 5.97 Å². The van der Waals surface area contributed by atoms with Crippen LogP contribution in [0.5, 0.6) is 0 Å². The van der Waals surface area contributed by atoms with E-state index in [-0.39, 0.29) is 18.7 Å². The maximum atomic E-state index is 11.7. The lowest BCUT2D eigenvalue weighted by Crippen LogP contribution is -2.13. The molecule has 7 heteroatoms. The van der Waals surface area contributed by atoms with Gasteiger partial charge in [0.1, 0.15) is 0 Å². The topological polar surface area (TPSA) is 104 Å². The predicted molar refractivity (Wildman–Crippen MR) is 91.5 cm³/mol. The molecule has 7 nitrogen and oxygen atoms in total. The first-order chi connectivity index (χ1) is 11.3. The van der Waals surface area contributed by atoms with Crippen molar-refractivity contribution in [3.63, 3.8) is 0 Å². The molecule has 0 atom stereocenters. The quantitative estimate of drug-likeness (QED) is 0.753. The van der Waals surface area contributed by atoms with Gasteiger partial charge in [-0.1, -0.05) is 6.07 Å². The zero-order valence-electron chi connectivity index (χ0n) is 13.9. The van der Waals surface area contributed by atoms with Crippen molar-refractivity contribution in [2.75, 3.05) is 10.6 Å². The lowest BCUT2D eigenvalue weighted by molar-refractivity contribution is -0.138. The number of anilines is 3. The van der Waals surface area contributed by atoms with Gasteiger partial charge < -0.3 is 15.7 Å². The van der Waals surface area contributed by atoms with Crippen LogP contribution in [0.15, 0.2) is 24.3 Å². The number of carboxylic acid groups (broad SMARTS) is 1. The van der Waals surface area contributed by atoms with Crippen LogP contribution in [0.25, 0.3) is 0 Å². The first kappa shape index (κ1) is 17.4.